The summed E-state index contributed by atoms with van der Waals surface area (Å²) in [4.78, 5) is 2.49. The zero-order valence-electron chi connectivity index (χ0n) is 20.4. The monoisotopic (exact) mass is 398 g/mol. The summed E-state index contributed by atoms with van der Waals surface area (Å²) < 4.78 is 0. The van der Waals surface area contributed by atoms with Gasteiger partial charge in [0, 0.05) is 12.1 Å². The predicted molar refractivity (Wildman–Crippen MR) is 125 cm³/mol. The summed E-state index contributed by atoms with van der Waals surface area (Å²) in [6, 6.07) is 1.32. The van der Waals surface area contributed by atoms with Crippen molar-refractivity contribution in [3.8, 4) is 0 Å². The van der Waals surface area contributed by atoms with Crippen LogP contribution in [0.4, 0.5) is 0 Å². The minimum absolute atomic E-state index is 0.366. The molecule has 0 amide bonds. The number of rotatable bonds is 3. The van der Waals surface area contributed by atoms with Crippen molar-refractivity contribution < 1.29 is 0 Å². The Morgan fingerprint density at radius 1 is 1.00 bits per heavy atom. The molecule has 7 unspecified atom stereocenters. The van der Waals surface area contributed by atoms with Gasteiger partial charge in [-0.2, -0.15) is 0 Å². The van der Waals surface area contributed by atoms with E-state index in [1.165, 1.54) is 44.9 Å². The van der Waals surface area contributed by atoms with Gasteiger partial charge in [0.1, 0.15) is 0 Å². The third-order valence-corrected chi connectivity index (χ3v) is 10.7. The van der Waals surface area contributed by atoms with E-state index in [0.717, 1.165) is 17.8 Å². The minimum atomic E-state index is 0.366. The molecule has 2 heteroatoms. The molecule has 4 aliphatic rings. The van der Waals surface area contributed by atoms with Gasteiger partial charge in [-0.3, -0.25) is 0 Å². The molecule has 0 aromatic carbocycles. The van der Waals surface area contributed by atoms with Crippen molar-refractivity contribution in [3.63, 3.8) is 0 Å². The minimum Gasteiger partial charge on any atom is -0.317 e. The van der Waals surface area contributed by atoms with Crippen LogP contribution in [0.2, 0.25) is 0 Å². The molecular formula is C27H46N2. The highest BCUT2D eigenvalue weighted by molar-refractivity contribution is 5.37. The topological polar surface area (TPSA) is 15.3 Å². The number of nitrogens with one attached hydrogen (secondary N) is 1. The molecule has 0 aliphatic heterocycles. The molecule has 2 saturated carbocycles. The molecule has 164 valence electrons. The van der Waals surface area contributed by atoms with Gasteiger partial charge >= 0.3 is 0 Å². The fourth-order valence-electron chi connectivity index (χ4n) is 8.69. The summed E-state index contributed by atoms with van der Waals surface area (Å²) in [5.74, 6) is 2.29. The van der Waals surface area contributed by atoms with Crippen LogP contribution in [0.1, 0.15) is 79.6 Å². The summed E-state index contributed by atoms with van der Waals surface area (Å²) in [5, 5.41) is 3.60. The van der Waals surface area contributed by atoms with E-state index < -0.39 is 0 Å². The predicted octanol–water partition coefficient (Wildman–Crippen LogP) is 6.05. The van der Waals surface area contributed by atoms with Crippen LogP contribution in [0, 0.1) is 34.0 Å². The Kier molecular flexibility index (Phi) is 5.39. The highest BCUT2D eigenvalue weighted by Gasteiger charge is 2.60. The van der Waals surface area contributed by atoms with Gasteiger partial charge in [0.25, 0.3) is 0 Å². The second-order valence-electron chi connectivity index (χ2n) is 12.2. The standard InChI is InChI=1S/C27H46N2/c1-18(28-6)21-14-16-27(5)23-11-10-22-19(17-20(23)13-15-26(21,27)4)9-12-24(29(7)8)25(22,2)3/h13,17-18,21-24,28H,9-12,14-16H2,1-8H3. The molecule has 0 spiro atoms. The maximum Gasteiger partial charge on any atom is 0.0149 e. The van der Waals surface area contributed by atoms with Gasteiger partial charge in [0.05, 0.1) is 0 Å². The average molecular weight is 399 g/mol. The molecule has 4 rings (SSSR count). The van der Waals surface area contributed by atoms with Crippen LogP contribution in [0.3, 0.4) is 0 Å². The lowest BCUT2D eigenvalue weighted by atomic mass is 9.51. The Labute approximate surface area is 180 Å². The molecule has 2 fully saturated rings. The van der Waals surface area contributed by atoms with Gasteiger partial charge in [-0.25, -0.2) is 0 Å². The first-order valence-corrected chi connectivity index (χ1v) is 12.3. The lowest BCUT2D eigenvalue weighted by Crippen LogP contribution is -2.49. The Bertz CT molecular complexity index is 701. The van der Waals surface area contributed by atoms with Crippen LogP contribution in [0.15, 0.2) is 23.3 Å². The molecule has 0 saturated heterocycles. The van der Waals surface area contributed by atoms with E-state index in [2.05, 4.69) is 78.1 Å². The van der Waals surface area contributed by atoms with Gasteiger partial charge in [-0.15, -0.1) is 0 Å². The second-order valence-corrected chi connectivity index (χ2v) is 12.2. The van der Waals surface area contributed by atoms with Crippen LogP contribution in [-0.2, 0) is 0 Å². The first-order valence-electron chi connectivity index (χ1n) is 12.3. The maximum atomic E-state index is 3.60. The van der Waals surface area contributed by atoms with Gasteiger partial charge in [0.2, 0.25) is 0 Å². The number of fused-ring (bicyclic) bond motifs is 4. The van der Waals surface area contributed by atoms with Gasteiger partial charge in [-0.05, 0) is 113 Å². The van der Waals surface area contributed by atoms with Gasteiger partial charge in [0.15, 0.2) is 0 Å². The molecule has 29 heavy (non-hydrogen) atoms. The van der Waals surface area contributed by atoms with Crippen LogP contribution in [-0.4, -0.2) is 38.1 Å². The Morgan fingerprint density at radius 2 is 1.69 bits per heavy atom. The molecule has 0 aromatic rings. The van der Waals surface area contributed by atoms with Crippen molar-refractivity contribution in [1.29, 1.82) is 0 Å². The van der Waals surface area contributed by atoms with Gasteiger partial charge < -0.3 is 10.2 Å². The molecule has 1 N–H and O–H groups in total. The Morgan fingerprint density at radius 3 is 2.34 bits per heavy atom. The summed E-state index contributed by atoms with van der Waals surface area (Å²) >= 11 is 0. The summed E-state index contributed by atoms with van der Waals surface area (Å²) in [6.45, 7) is 12.8. The van der Waals surface area contributed by atoms with E-state index in [1.54, 1.807) is 11.1 Å². The number of nitrogens with zero attached hydrogens (tertiary/aromatic N) is 1. The lowest BCUT2D eigenvalue weighted by Gasteiger charge is -2.53. The normalized spacial score (nSPS) is 44.9. The summed E-state index contributed by atoms with van der Waals surface area (Å²) in [5.41, 5.74) is 4.72. The Hall–Kier alpha value is -0.600. The zero-order chi connectivity index (χ0) is 21.2. The highest BCUT2D eigenvalue weighted by atomic mass is 15.1. The van der Waals surface area contributed by atoms with Crippen molar-refractivity contribution in [2.75, 3.05) is 21.1 Å². The van der Waals surface area contributed by atoms with Crippen molar-refractivity contribution in [1.82, 2.24) is 10.2 Å². The number of allylic oxidation sites excluding steroid dienone is 4. The van der Waals surface area contributed by atoms with Crippen LogP contribution in [0.5, 0.6) is 0 Å². The molecule has 0 radical (unpaired) electrons. The smallest absolute Gasteiger partial charge is 0.0149 e. The Balaban J connectivity index is 1.68. The quantitative estimate of drug-likeness (QED) is 0.622. The van der Waals surface area contributed by atoms with Crippen molar-refractivity contribution in [2.45, 2.75) is 91.6 Å². The van der Waals surface area contributed by atoms with Crippen LogP contribution < -0.4 is 5.32 Å². The second kappa shape index (κ2) is 7.23. The van der Waals surface area contributed by atoms with Crippen molar-refractivity contribution in [2.24, 2.45) is 34.0 Å². The van der Waals surface area contributed by atoms with Crippen molar-refractivity contribution in [3.05, 3.63) is 23.3 Å². The highest BCUT2D eigenvalue weighted by Crippen LogP contribution is 2.67. The van der Waals surface area contributed by atoms with Crippen LogP contribution >= 0.6 is 0 Å². The first kappa shape index (κ1) is 21.6. The molecule has 4 aliphatic carbocycles. The van der Waals surface area contributed by atoms with E-state index in [9.17, 15) is 0 Å². The summed E-state index contributed by atoms with van der Waals surface area (Å²) in [7, 11) is 6.72. The first-order chi connectivity index (χ1) is 13.6. The summed E-state index contributed by atoms with van der Waals surface area (Å²) in [6.07, 6.45) is 14.8. The third-order valence-electron chi connectivity index (χ3n) is 10.7. The van der Waals surface area contributed by atoms with Gasteiger partial charge in [-0.1, -0.05) is 45.4 Å². The largest absolute Gasteiger partial charge is 0.317 e. The molecule has 0 aromatic heterocycles. The van der Waals surface area contributed by atoms with Crippen molar-refractivity contribution >= 4 is 0 Å². The zero-order valence-corrected chi connectivity index (χ0v) is 20.4. The molecule has 0 bridgehead atoms. The lowest BCUT2D eigenvalue weighted by molar-refractivity contribution is -0.00117. The van der Waals surface area contributed by atoms with E-state index in [4.69, 9.17) is 0 Å². The molecular weight excluding hydrogens is 352 g/mol. The molecule has 0 heterocycles. The number of hydrogen-bond acceptors (Lipinski definition) is 2. The SMILES string of the molecule is CNC(C)C1CCC2(C)C3CCC4C(=CC3=CCC12C)CCC(N(C)C)C4(C)C. The third kappa shape index (κ3) is 3.03. The van der Waals surface area contributed by atoms with E-state index >= 15 is 0 Å². The maximum absolute atomic E-state index is 3.60. The fourth-order valence-corrected chi connectivity index (χ4v) is 8.69. The molecule has 7 atom stereocenters. The van der Waals surface area contributed by atoms with E-state index in [-0.39, 0.29) is 0 Å². The van der Waals surface area contributed by atoms with E-state index in [0.29, 0.717) is 28.3 Å². The van der Waals surface area contributed by atoms with E-state index in [1.807, 2.05) is 0 Å². The number of hydrogen-bond donors (Lipinski definition) is 1. The van der Waals surface area contributed by atoms with Crippen LogP contribution in [0.25, 0.3) is 0 Å². The fraction of sp³-hybridized carbons (Fsp3) is 0.852. The molecule has 2 nitrogen and oxygen atoms in total. The average Bonchev–Trinajstić information content (AvgIpc) is 2.80.